The predicted molar refractivity (Wildman–Crippen MR) is 87.9 cm³/mol. The highest BCUT2D eigenvalue weighted by Crippen LogP contribution is 2.29. The van der Waals surface area contributed by atoms with Crippen LogP contribution in [0.25, 0.3) is 10.2 Å². The number of rotatable bonds is 3. The fourth-order valence-electron chi connectivity index (χ4n) is 2.27. The van der Waals surface area contributed by atoms with Crippen molar-refractivity contribution >= 4 is 33.1 Å². The summed E-state index contributed by atoms with van der Waals surface area (Å²) in [4.78, 5) is 27.0. The van der Waals surface area contributed by atoms with Crippen molar-refractivity contribution in [2.75, 3.05) is 5.32 Å². The van der Waals surface area contributed by atoms with Gasteiger partial charge in [-0.25, -0.2) is 0 Å². The topological polar surface area (TPSA) is 82.2 Å². The van der Waals surface area contributed by atoms with Crippen LogP contribution in [0.4, 0.5) is 5.69 Å². The van der Waals surface area contributed by atoms with Gasteiger partial charge in [0.25, 0.3) is 11.5 Å². The summed E-state index contributed by atoms with van der Waals surface area (Å²) in [7, 11) is 0. The number of hydrogen-bond acceptors (Lipinski definition) is 4. The number of anilines is 1. The zero-order valence-corrected chi connectivity index (χ0v) is 12.7. The van der Waals surface area contributed by atoms with Gasteiger partial charge >= 0.3 is 0 Å². The van der Waals surface area contributed by atoms with E-state index in [-0.39, 0.29) is 11.3 Å². The van der Waals surface area contributed by atoms with Crippen LogP contribution in [0, 0.1) is 0 Å². The fraction of sp³-hybridized carbons (Fsp3) is 0.125. The molecule has 3 N–H and O–H groups in total. The van der Waals surface area contributed by atoms with Gasteiger partial charge in [-0.05, 0) is 35.6 Å². The average molecular weight is 314 g/mol. The van der Waals surface area contributed by atoms with Crippen LogP contribution in [-0.2, 0) is 6.42 Å². The fourth-order valence-corrected chi connectivity index (χ4v) is 3.07. The third-order valence-electron chi connectivity index (χ3n) is 3.41. The molecule has 0 fully saturated rings. The number of thiophene rings is 1. The molecule has 2 heterocycles. The smallest absolute Gasteiger partial charge is 0.265 e. The lowest BCUT2D eigenvalue weighted by molar-refractivity contribution is 0.102. The minimum absolute atomic E-state index is 0.267. The summed E-state index contributed by atoms with van der Waals surface area (Å²) >= 11 is 1.27. The quantitative estimate of drug-likeness (QED) is 0.694. The maximum Gasteiger partial charge on any atom is 0.265 e. The van der Waals surface area contributed by atoms with Crippen molar-refractivity contribution in [3.05, 3.63) is 57.2 Å². The Morgan fingerprint density at radius 2 is 2.18 bits per heavy atom. The molecule has 0 spiro atoms. The minimum Gasteiger partial charge on any atom is -0.505 e. The maximum absolute atomic E-state index is 12.3. The number of benzene rings is 1. The molecule has 1 aromatic carbocycles. The van der Waals surface area contributed by atoms with Gasteiger partial charge in [0.15, 0.2) is 5.75 Å². The predicted octanol–water partition coefficient (Wildman–Crippen LogP) is 3.11. The van der Waals surface area contributed by atoms with E-state index in [1.807, 2.05) is 25.1 Å². The van der Waals surface area contributed by atoms with Crippen molar-refractivity contribution in [3.8, 4) is 5.75 Å². The number of aromatic nitrogens is 1. The first-order valence-electron chi connectivity index (χ1n) is 6.83. The number of carbonyl (C=O) groups excluding carboxylic acids is 1. The molecule has 0 aliphatic rings. The Bertz CT molecular complexity index is 911. The van der Waals surface area contributed by atoms with Gasteiger partial charge in [-0.1, -0.05) is 19.1 Å². The number of hydrogen-bond donors (Lipinski definition) is 3. The molecule has 0 atom stereocenters. The molecule has 0 aliphatic carbocycles. The lowest BCUT2D eigenvalue weighted by atomic mass is 10.1. The normalized spacial score (nSPS) is 10.8. The summed E-state index contributed by atoms with van der Waals surface area (Å²) < 4.78 is 0.493. The molecule has 0 bridgehead atoms. The molecule has 112 valence electrons. The van der Waals surface area contributed by atoms with Crippen molar-refractivity contribution in [2.45, 2.75) is 13.3 Å². The Balaban J connectivity index is 2.00. The first kappa shape index (κ1) is 14.3. The Morgan fingerprint density at radius 1 is 1.36 bits per heavy atom. The van der Waals surface area contributed by atoms with Gasteiger partial charge in [-0.15, -0.1) is 11.3 Å². The van der Waals surface area contributed by atoms with E-state index in [1.54, 1.807) is 17.5 Å². The standard InChI is InChI=1S/C16H14N2O3S/c1-2-9-4-3-5-10(8-9)17-15(20)12-13(19)14-11(6-7-22-14)18-16(12)21/h3-8H,2H2,1H3,(H,17,20)(H2,18,19,21). The maximum atomic E-state index is 12.3. The van der Waals surface area contributed by atoms with Crippen molar-refractivity contribution < 1.29 is 9.90 Å². The lowest BCUT2D eigenvalue weighted by Crippen LogP contribution is -2.23. The number of pyridine rings is 1. The molecular weight excluding hydrogens is 300 g/mol. The summed E-state index contributed by atoms with van der Waals surface area (Å²) in [5, 5.41) is 14.6. The Labute approximate surface area is 130 Å². The minimum atomic E-state index is -0.623. The Kier molecular flexibility index (Phi) is 3.68. The van der Waals surface area contributed by atoms with E-state index in [9.17, 15) is 14.7 Å². The second-order valence-electron chi connectivity index (χ2n) is 4.85. The van der Waals surface area contributed by atoms with Crippen LogP contribution in [-0.4, -0.2) is 16.0 Å². The number of nitrogens with one attached hydrogen (secondary N) is 2. The number of aromatic amines is 1. The summed E-state index contributed by atoms with van der Waals surface area (Å²) in [6, 6.07) is 9.06. The highest BCUT2D eigenvalue weighted by atomic mass is 32.1. The van der Waals surface area contributed by atoms with Gasteiger partial charge in [0.05, 0.1) is 10.2 Å². The monoisotopic (exact) mass is 314 g/mol. The number of aryl methyl sites for hydroxylation is 1. The van der Waals surface area contributed by atoms with E-state index in [2.05, 4.69) is 10.3 Å². The van der Waals surface area contributed by atoms with Gasteiger partial charge in [0, 0.05) is 5.69 Å². The van der Waals surface area contributed by atoms with Crippen LogP contribution >= 0.6 is 11.3 Å². The zero-order chi connectivity index (χ0) is 15.7. The molecule has 6 heteroatoms. The van der Waals surface area contributed by atoms with Gasteiger partial charge in [0.1, 0.15) is 5.56 Å². The molecule has 1 amide bonds. The summed E-state index contributed by atoms with van der Waals surface area (Å²) in [6.45, 7) is 2.02. The molecule has 22 heavy (non-hydrogen) atoms. The molecule has 2 aromatic heterocycles. The van der Waals surface area contributed by atoms with Crippen LogP contribution in [0.2, 0.25) is 0 Å². The van der Waals surface area contributed by atoms with E-state index in [4.69, 9.17) is 0 Å². The Morgan fingerprint density at radius 3 is 2.95 bits per heavy atom. The third kappa shape index (κ3) is 2.48. The van der Waals surface area contributed by atoms with E-state index in [1.165, 1.54) is 11.3 Å². The number of fused-ring (bicyclic) bond motifs is 1. The lowest BCUT2D eigenvalue weighted by Gasteiger charge is -2.08. The van der Waals surface area contributed by atoms with E-state index in [0.717, 1.165) is 12.0 Å². The first-order chi connectivity index (χ1) is 10.6. The second-order valence-corrected chi connectivity index (χ2v) is 5.77. The highest BCUT2D eigenvalue weighted by Gasteiger charge is 2.20. The van der Waals surface area contributed by atoms with Crippen LogP contribution in [0.1, 0.15) is 22.8 Å². The van der Waals surface area contributed by atoms with Crippen LogP contribution in [0.3, 0.4) is 0 Å². The molecule has 0 aliphatic heterocycles. The summed E-state index contributed by atoms with van der Waals surface area (Å²) in [5.74, 6) is -0.903. The van der Waals surface area contributed by atoms with Crippen LogP contribution in [0.5, 0.6) is 5.75 Å². The number of amides is 1. The third-order valence-corrected chi connectivity index (χ3v) is 4.33. The van der Waals surface area contributed by atoms with Gasteiger partial charge < -0.3 is 15.4 Å². The zero-order valence-electron chi connectivity index (χ0n) is 11.8. The highest BCUT2D eigenvalue weighted by molar-refractivity contribution is 7.17. The molecule has 0 radical (unpaired) electrons. The van der Waals surface area contributed by atoms with E-state index in [0.29, 0.717) is 15.9 Å². The van der Waals surface area contributed by atoms with Gasteiger partial charge in [-0.3, -0.25) is 9.59 Å². The van der Waals surface area contributed by atoms with E-state index < -0.39 is 11.5 Å². The molecule has 5 nitrogen and oxygen atoms in total. The molecule has 0 unspecified atom stereocenters. The van der Waals surface area contributed by atoms with Crippen molar-refractivity contribution in [3.63, 3.8) is 0 Å². The molecular formula is C16H14N2O3S. The first-order valence-corrected chi connectivity index (χ1v) is 7.71. The Hall–Kier alpha value is -2.60. The second kappa shape index (κ2) is 5.65. The van der Waals surface area contributed by atoms with Crippen LogP contribution < -0.4 is 10.9 Å². The average Bonchev–Trinajstić information content (AvgIpc) is 2.96. The molecule has 3 aromatic rings. The molecule has 0 saturated carbocycles. The number of H-pyrrole nitrogens is 1. The van der Waals surface area contributed by atoms with Crippen molar-refractivity contribution in [1.82, 2.24) is 4.98 Å². The number of carbonyl (C=O) groups is 1. The molecule has 3 rings (SSSR count). The summed E-state index contributed by atoms with van der Waals surface area (Å²) in [5.41, 5.74) is 1.32. The number of aromatic hydroxyl groups is 1. The van der Waals surface area contributed by atoms with Crippen molar-refractivity contribution in [1.29, 1.82) is 0 Å². The van der Waals surface area contributed by atoms with E-state index >= 15 is 0 Å². The summed E-state index contributed by atoms with van der Waals surface area (Å²) in [6.07, 6.45) is 0.844. The molecule has 0 saturated heterocycles. The SMILES string of the molecule is CCc1cccc(NC(=O)c2c(O)c3sccc3[nH]c2=O)c1. The van der Waals surface area contributed by atoms with Gasteiger partial charge in [-0.2, -0.15) is 0 Å². The van der Waals surface area contributed by atoms with Gasteiger partial charge in [0.2, 0.25) is 0 Å². The van der Waals surface area contributed by atoms with Crippen molar-refractivity contribution in [2.24, 2.45) is 0 Å². The largest absolute Gasteiger partial charge is 0.505 e. The van der Waals surface area contributed by atoms with Crippen LogP contribution in [0.15, 0.2) is 40.5 Å².